The Morgan fingerprint density at radius 1 is 1.21 bits per heavy atom. The van der Waals surface area contributed by atoms with Crippen molar-refractivity contribution in [1.82, 2.24) is 10.2 Å². The summed E-state index contributed by atoms with van der Waals surface area (Å²) in [5.41, 5.74) is 3.60. The zero-order chi connectivity index (χ0) is 13.7. The second-order valence-corrected chi connectivity index (χ2v) is 5.06. The lowest BCUT2D eigenvalue weighted by molar-refractivity contribution is 0.307. The van der Waals surface area contributed by atoms with Crippen molar-refractivity contribution < 1.29 is 4.74 Å². The molecule has 1 heterocycles. The molecule has 0 radical (unpaired) electrons. The minimum Gasteiger partial charge on any atom is -0.492 e. The van der Waals surface area contributed by atoms with Gasteiger partial charge in [-0.05, 0) is 50.8 Å². The predicted molar refractivity (Wildman–Crippen MR) is 77.9 cm³/mol. The quantitative estimate of drug-likeness (QED) is 0.809. The molecular weight excluding hydrogens is 260 g/mol. The Morgan fingerprint density at radius 3 is 2.68 bits per heavy atom. The summed E-state index contributed by atoms with van der Waals surface area (Å²) in [7, 11) is 0. The third-order valence-electron chi connectivity index (χ3n) is 3.20. The summed E-state index contributed by atoms with van der Waals surface area (Å²) in [4.78, 5) is 0. The maximum absolute atomic E-state index is 6.02. The van der Waals surface area contributed by atoms with Crippen LogP contribution in [0.2, 0.25) is 5.02 Å². The van der Waals surface area contributed by atoms with Crippen LogP contribution in [0.1, 0.15) is 29.8 Å². The first-order valence-electron chi connectivity index (χ1n) is 6.56. The van der Waals surface area contributed by atoms with E-state index in [0.29, 0.717) is 11.6 Å². The summed E-state index contributed by atoms with van der Waals surface area (Å²) >= 11 is 6.02. The van der Waals surface area contributed by atoms with E-state index >= 15 is 0 Å². The SMILES string of the molecule is Cc1n[nH]c(C)c1CCCCOc1ccccc1Cl. The molecule has 4 heteroatoms. The minimum absolute atomic E-state index is 0.670. The van der Waals surface area contributed by atoms with E-state index in [1.165, 1.54) is 11.3 Å². The molecule has 0 aliphatic rings. The van der Waals surface area contributed by atoms with Crippen LogP contribution in [0.25, 0.3) is 0 Å². The molecule has 2 rings (SSSR count). The first-order valence-corrected chi connectivity index (χ1v) is 6.94. The van der Waals surface area contributed by atoms with Gasteiger partial charge in [-0.15, -0.1) is 0 Å². The fourth-order valence-corrected chi connectivity index (χ4v) is 2.28. The Labute approximate surface area is 118 Å². The van der Waals surface area contributed by atoms with E-state index in [1.807, 2.05) is 31.2 Å². The fourth-order valence-electron chi connectivity index (χ4n) is 2.09. The van der Waals surface area contributed by atoms with Crippen LogP contribution >= 0.6 is 11.6 Å². The van der Waals surface area contributed by atoms with Crippen LogP contribution in [-0.2, 0) is 6.42 Å². The highest BCUT2D eigenvalue weighted by atomic mass is 35.5. The Bertz CT molecular complexity index is 517. The number of aromatic amines is 1. The molecule has 19 heavy (non-hydrogen) atoms. The molecule has 0 saturated heterocycles. The number of aryl methyl sites for hydroxylation is 2. The highest BCUT2D eigenvalue weighted by Gasteiger charge is 2.05. The van der Waals surface area contributed by atoms with Gasteiger partial charge in [0.15, 0.2) is 0 Å². The van der Waals surface area contributed by atoms with E-state index in [0.717, 1.165) is 30.7 Å². The maximum atomic E-state index is 6.02. The maximum Gasteiger partial charge on any atom is 0.137 e. The first-order chi connectivity index (χ1) is 9.18. The van der Waals surface area contributed by atoms with E-state index in [1.54, 1.807) is 0 Å². The molecule has 1 aromatic heterocycles. The second kappa shape index (κ2) is 6.62. The van der Waals surface area contributed by atoms with Crippen LogP contribution in [0.3, 0.4) is 0 Å². The number of benzene rings is 1. The number of H-pyrrole nitrogens is 1. The highest BCUT2D eigenvalue weighted by Crippen LogP contribution is 2.23. The third kappa shape index (κ3) is 3.74. The molecule has 0 unspecified atom stereocenters. The normalized spacial score (nSPS) is 10.7. The molecule has 0 bridgehead atoms. The zero-order valence-electron chi connectivity index (χ0n) is 11.4. The lowest BCUT2D eigenvalue weighted by Gasteiger charge is -2.07. The van der Waals surface area contributed by atoms with Crippen molar-refractivity contribution in [2.24, 2.45) is 0 Å². The number of nitrogens with one attached hydrogen (secondary N) is 1. The van der Waals surface area contributed by atoms with Crippen LogP contribution < -0.4 is 4.74 Å². The van der Waals surface area contributed by atoms with Gasteiger partial charge in [0, 0.05) is 5.69 Å². The summed E-state index contributed by atoms with van der Waals surface area (Å²) in [6.07, 6.45) is 3.14. The second-order valence-electron chi connectivity index (χ2n) is 4.65. The van der Waals surface area contributed by atoms with Gasteiger partial charge < -0.3 is 4.74 Å². The molecule has 0 aliphatic carbocycles. The largest absolute Gasteiger partial charge is 0.492 e. The lowest BCUT2D eigenvalue weighted by Crippen LogP contribution is -1.99. The van der Waals surface area contributed by atoms with Gasteiger partial charge in [0.2, 0.25) is 0 Å². The standard InChI is InChI=1S/C15H19ClN2O/c1-11-13(12(2)18-17-11)7-5-6-10-19-15-9-4-3-8-14(15)16/h3-4,8-9H,5-7,10H2,1-2H3,(H,17,18). The van der Waals surface area contributed by atoms with Gasteiger partial charge in [0.25, 0.3) is 0 Å². The van der Waals surface area contributed by atoms with Crippen molar-refractivity contribution in [2.45, 2.75) is 33.1 Å². The number of nitrogens with zero attached hydrogens (tertiary/aromatic N) is 1. The summed E-state index contributed by atoms with van der Waals surface area (Å²) in [6.45, 7) is 4.80. The molecule has 0 aliphatic heterocycles. The van der Waals surface area contributed by atoms with Gasteiger partial charge >= 0.3 is 0 Å². The molecule has 2 aromatic rings. The number of hydrogen-bond donors (Lipinski definition) is 1. The van der Waals surface area contributed by atoms with E-state index in [9.17, 15) is 0 Å². The van der Waals surface area contributed by atoms with Gasteiger partial charge in [-0.2, -0.15) is 5.10 Å². The summed E-state index contributed by atoms with van der Waals surface area (Å²) in [6, 6.07) is 7.57. The van der Waals surface area contributed by atoms with Crippen LogP contribution in [0, 0.1) is 13.8 Å². The fraction of sp³-hybridized carbons (Fsp3) is 0.400. The molecule has 0 saturated carbocycles. The molecule has 1 N–H and O–H groups in total. The Kier molecular flexibility index (Phi) is 4.86. The van der Waals surface area contributed by atoms with Gasteiger partial charge in [-0.1, -0.05) is 23.7 Å². The summed E-state index contributed by atoms with van der Waals surface area (Å²) in [5.74, 6) is 0.764. The van der Waals surface area contributed by atoms with Crippen molar-refractivity contribution in [3.8, 4) is 5.75 Å². The molecule has 0 atom stereocenters. The molecule has 3 nitrogen and oxygen atoms in total. The number of hydrogen-bond acceptors (Lipinski definition) is 2. The highest BCUT2D eigenvalue weighted by molar-refractivity contribution is 6.32. The van der Waals surface area contributed by atoms with E-state index in [2.05, 4.69) is 17.1 Å². The van der Waals surface area contributed by atoms with Gasteiger partial charge in [-0.3, -0.25) is 5.10 Å². The lowest BCUT2D eigenvalue weighted by atomic mass is 10.1. The van der Waals surface area contributed by atoms with E-state index in [-0.39, 0.29) is 0 Å². The van der Waals surface area contributed by atoms with Crippen molar-refractivity contribution in [2.75, 3.05) is 6.61 Å². The van der Waals surface area contributed by atoms with Crippen molar-refractivity contribution in [1.29, 1.82) is 0 Å². The monoisotopic (exact) mass is 278 g/mol. The van der Waals surface area contributed by atoms with Gasteiger partial charge in [0.05, 0.1) is 17.3 Å². The van der Waals surface area contributed by atoms with Crippen LogP contribution in [0.15, 0.2) is 24.3 Å². The average molecular weight is 279 g/mol. The van der Waals surface area contributed by atoms with Crippen LogP contribution in [0.5, 0.6) is 5.75 Å². The molecule has 102 valence electrons. The molecule has 0 fully saturated rings. The number of ether oxygens (including phenoxy) is 1. The Morgan fingerprint density at radius 2 is 2.00 bits per heavy atom. The molecule has 0 amide bonds. The Balaban J connectivity index is 1.72. The molecule has 1 aromatic carbocycles. The topological polar surface area (TPSA) is 37.9 Å². The summed E-state index contributed by atoms with van der Waals surface area (Å²) in [5, 5.41) is 7.88. The number of halogens is 1. The first kappa shape index (κ1) is 13.9. The number of rotatable bonds is 6. The van der Waals surface area contributed by atoms with Crippen molar-refractivity contribution in [3.05, 3.63) is 46.2 Å². The van der Waals surface area contributed by atoms with Crippen molar-refractivity contribution >= 4 is 11.6 Å². The zero-order valence-corrected chi connectivity index (χ0v) is 12.1. The van der Waals surface area contributed by atoms with Crippen LogP contribution in [-0.4, -0.2) is 16.8 Å². The average Bonchev–Trinajstić information content (AvgIpc) is 2.72. The minimum atomic E-state index is 0.670. The van der Waals surface area contributed by atoms with Gasteiger partial charge in [0.1, 0.15) is 5.75 Å². The molecular formula is C15H19ClN2O. The summed E-state index contributed by atoms with van der Waals surface area (Å²) < 4.78 is 5.66. The number of aromatic nitrogens is 2. The third-order valence-corrected chi connectivity index (χ3v) is 3.51. The smallest absolute Gasteiger partial charge is 0.137 e. The number of unbranched alkanes of at least 4 members (excludes halogenated alkanes) is 1. The molecule has 0 spiro atoms. The predicted octanol–water partition coefficient (Wildman–Crippen LogP) is 4.08. The number of para-hydroxylation sites is 1. The Hall–Kier alpha value is -1.48. The van der Waals surface area contributed by atoms with E-state index in [4.69, 9.17) is 16.3 Å². The van der Waals surface area contributed by atoms with Crippen molar-refractivity contribution in [3.63, 3.8) is 0 Å². The van der Waals surface area contributed by atoms with Gasteiger partial charge in [-0.25, -0.2) is 0 Å². The van der Waals surface area contributed by atoms with E-state index < -0.39 is 0 Å². The van der Waals surface area contributed by atoms with Crippen LogP contribution in [0.4, 0.5) is 0 Å².